The van der Waals surface area contributed by atoms with Crippen molar-refractivity contribution in [2.45, 2.75) is 11.8 Å². The second kappa shape index (κ2) is 5.94. The van der Waals surface area contributed by atoms with Crippen molar-refractivity contribution >= 4 is 15.7 Å². The van der Waals surface area contributed by atoms with Crippen LogP contribution in [0.25, 0.3) is 0 Å². The molecule has 0 aromatic heterocycles. The van der Waals surface area contributed by atoms with Crippen LogP contribution >= 0.6 is 0 Å². The summed E-state index contributed by atoms with van der Waals surface area (Å²) in [7, 11) is -3.06. The van der Waals surface area contributed by atoms with Crippen molar-refractivity contribution in [2.24, 2.45) is 5.92 Å². The first kappa shape index (κ1) is 16.0. The normalized spacial score (nSPS) is 12.9. The van der Waals surface area contributed by atoms with Crippen molar-refractivity contribution in [3.63, 3.8) is 0 Å². The van der Waals surface area contributed by atoms with E-state index in [0.717, 1.165) is 22.5 Å². The number of hydrogen-bond acceptors (Lipinski definition) is 5. The first-order valence-corrected chi connectivity index (χ1v) is 6.94. The number of para-hydroxylation sites is 1. The predicted molar refractivity (Wildman–Crippen MR) is 67.6 cm³/mol. The number of hydrogen-bond donors (Lipinski definition) is 0. The lowest BCUT2D eigenvalue weighted by Gasteiger charge is -2.18. The van der Waals surface area contributed by atoms with E-state index in [-0.39, 0.29) is 6.54 Å². The average molecular weight is 301 g/mol. The summed E-state index contributed by atoms with van der Waals surface area (Å²) in [6.45, 7) is 1.36. The van der Waals surface area contributed by atoms with Crippen LogP contribution in [-0.2, 0) is 10.0 Å². The van der Waals surface area contributed by atoms with Crippen molar-refractivity contribution in [1.29, 1.82) is 5.26 Å². The highest BCUT2D eigenvalue weighted by atomic mass is 32.2. The van der Waals surface area contributed by atoms with Crippen molar-refractivity contribution in [3.05, 3.63) is 34.1 Å². The molecule has 0 aliphatic carbocycles. The molecule has 0 fully saturated rings. The Kier molecular flexibility index (Phi) is 4.75. The van der Waals surface area contributed by atoms with Crippen molar-refractivity contribution in [2.75, 3.05) is 13.6 Å². The Morgan fingerprint density at radius 2 is 2.15 bits per heavy atom. The molecular formula is C11H12FN3O4S. The number of halogens is 1. The molecule has 0 radical (unpaired) electrons. The molecule has 0 aliphatic heterocycles. The maximum absolute atomic E-state index is 13.4. The monoisotopic (exact) mass is 301 g/mol. The van der Waals surface area contributed by atoms with Crippen LogP contribution < -0.4 is 0 Å². The molecule has 1 aromatic carbocycles. The van der Waals surface area contributed by atoms with E-state index in [0.29, 0.717) is 0 Å². The van der Waals surface area contributed by atoms with E-state index in [1.54, 1.807) is 0 Å². The summed E-state index contributed by atoms with van der Waals surface area (Å²) >= 11 is 0. The van der Waals surface area contributed by atoms with E-state index < -0.39 is 37.3 Å². The summed E-state index contributed by atoms with van der Waals surface area (Å²) in [6, 6.07) is 4.71. The minimum Gasteiger partial charge on any atom is -0.258 e. The standard InChI is InChI=1S/C11H12FN3O4S/c1-8(6-13)7-14(2)20(18,19)10-5-3-4-9(12)11(10)15(16)17/h3-5,8H,7H2,1-2H3. The summed E-state index contributed by atoms with van der Waals surface area (Å²) in [5.41, 5.74) is -1.09. The molecule has 1 unspecified atom stereocenters. The van der Waals surface area contributed by atoms with E-state index in [4.69, 9.17) is 5.26 Å². The summed E-state index contributed by atoms with van der Waals surface area (Å²) in [5.74, 6) is -1.82. The number of sulfonamides is 1. The maximum Gasteiger partial charge on any atom is 0.324 e. The second-order valence-electron chi connectivity index (χ2n) is 4.16. The Labute approximate surface area is 115 Å². The number of benzene rings is 1. The highest BCUT2D eigenvalue weighted by Gasteiger charge is 2.32. The predicted octanol–water partition coefficient (Wildman–Crippen LogP) is 1.51. The summed E-state index contributed by atoms with van der Waals surface area (Å²) < 4.78 is 38.7. The number of nitrogens with zero attached hydrogens (tertiary/aromatic N) is 3. The van der Waals surface area contributed by atoms with E-state index >= 15 is 0 Å². The van der Waals surface area contributed by atoms with E-state index in [2.05, 4.69) is 0 Å². The molecule has 20 heavy (non-hydrogen) atoms. The van der Waals surface area contributed by atoms with Gasteiger partial charge in [0.25, 0.3) is 0 Å². The molecule has 1 rings (SSSR count). The number of nitro groups is 1. The highest BCUT2D eigenvalue weighted by molar-refractivity contribution is 7.89. The van der Waals surface area contributed by atoms with Gasteiger partial charge in [-0.3, -0.25) is 10.1 Å². The highest BCUT2D eigenvalue weighted by Crippen LogP contribution is 2.28. The molecular weight excluding hydrogens is 289 g/mol. The third-order valence-electron chi connectivity index (χ3n) is 2.57. The van der Waals surface area contributed by atoms with Crippen molar-refractivity contribution in [3.8, 4) is 6.07 Å². The third-order valence-corrected chi connectivity index (χ3v) is 4.43. The second-order valence-corrected chi connectivity index (χ2v) is 6.17. The molecule has 0 heterocycles. The van der Waals surface area contributed by atoms with Gasteiger partial charge in [-0.15, -0.1) is 0 Å². The van der Waals surface area contributed by atoms with Gasteiger partial charge in [-0.2, -0.15) is 14.0 Å². The third kappa shape index (κ3) is 3.09. The Bertz CT molecular complexity index is 669. The Hall–Kier alpha value is -2.05. The zero-order valence-electron chi connectivity index (χ0n) is 10.8. The first-order chi connectivity index (χ1) is 9.21. The van der Waals surface area contributed by atoms with E-state index in [9.17, 15) is 22.9 Å². The number of nitro benzene ring substituents is 1. The Morgan fingerprint density at radius 1 is 1.55 bits per heavy atom. The number of nitriles is 1. The van der Waals surface area contributed by atoms with Gasteiger partial charge in [0.15, 0.2) is 4.90 Å². The lowest BCUT2D eigenvalue weighted by molar-refractivity contribution is -0.390. The fourth-order valence-electron chi connectivity index (χ4n) is 1.57. The first-order valence-electron chi connectivity index (χ1n) is 5.50. The molecule has 0 aliphatic rings. The van der Waals surface area contributed by atoms with Crippen LogP contribution in [0.4, 0.5) is 10.1 Å². The molecule has 1 aromatic rings. The van der Waals surface area contributed by atoms with Gasteiger partial charge < -0.3 is 0 Å². The van der Waals surface area contributed by atoms with Gasteiger partial charge >= 0.3 is 5.69 Å². The van der Waals surface area contributed by atoms with Crippen LogP contribution in [0.5, 0.6) is 0 Å². The van der Waals surface area contributed by atoms with Crippen LogP contribution in [-0.4, -0.2) is 31.2 Å². The summed E-state index contributed by atoms with van der Waals surface area (Å²) in [5, 5.41) is 19.5. The molecule has 108 valence electrons. The Balaban J connectivity index is 3.34. The van der Waals surface area contributed by atoms with Crippen LogP contribution in [0.3, 0.4) is 0 Å². The molecule has 1 atom stereocenters. The minimum atomic E-state index is -4.24. The number of rotatable bonds is 5. The zero-order valence-corrected chi connectivity index (χ0v) is 11.6. The van der Waals surface area contributed by atoms with Gasteiger partial charge in [0.1, 0.15) is 0 Å². The lowest BCUT2D eigenvalue weighted by Crippen LogP contribution is -2.31. The molecule has 0 N–H and O–H groups in total. The fourth-order valence-corrected chi connectivity index (χ4v) is 3.00. The van der Waals surface area contributed by atoms with E-state index in [1.165, 1.54) is 14.0 Å². The van der Waals surface area contributed by atoms with Crippen LogP contribution in [0.2, 0.25) is 0 Å². The van der Waals surface area contributed by atoms with Gasteiger partial charge in [0, 0.05) is 13.6 Å². The summed E-state index contributed by atoms with van der Waals surface area (Å²) in [6.07, 6.45) is 0. The molecule has 0 spiro atoms. The molecule has 0 amide bonds. The van der Waals surface area contributed by atoms with Gasteiger partial charge in [-0.1, -0.05) is 6.07 Å². The minimum absolute atomic E-state index is 0.146. The quantitative estimate of drug-likeness (QED) is 0.605. The average Bonchev–Trinajstić information content (AvgIpc) is 2.37. The maximum atomic E-state index is 13.4. The molecule has 0 bridgehead atoms. The van der Waals surface area contributed by atoms with Gasteiger partial charge in [-0.25, -0.2) is 8.42 Å². The van der Waals surface area contributed by atoms with Crippen molar-refractivity contribution < 1.29 is 17.7 Å². The largest absolute Gasteiger partial charge is 0.324 e. The topological polar surface area (TPSA) is 104 Å². The Morgan fingerprint density at radius 3 is 2.65 bits per heavy atom. The molecule has 0 saturated heterocycles. The molecule has 7 nitrogen and oxygen atoms in total. The fraction of sp³-hybridized carbons (Fsp3) is 0.364. The van der Waals surface area contributed by atoms with Gasteiger partial charge in [0.2, 0.25) is 15.8 Å². The smallest absolute Gasteiger partial charge is 0.258 e. The van der Waals surface area contributed by atoms with Crippen molar-refractivity contribution in [1.82, 2.24) is 4.31 Å². The SMILES string of the molecule is CC(C#N)CN(C)S(=O)(=O)c1cccc(F)c1[N+](=O)[O-]. The molecule has 9 heteroatoms. The lowest BCUT2D eigenvalue weighted by atomic mass is 10.2. The van der Waals surface area contributed by atoms with Crippen LogP contribution in [0.1, 0.15) is 6.92 Å². The van der Waals surface area contributed by atoms with Gasteiger partial charge in [-0.05, 0) is 19.1 Å². The van der Waals surface area contributed by atoms with Gasteiger partial charge in [0.05, 0.1) is 16.9 Å². The van der Waals surface area contributed by atoms with Crippen LogP contribution in [0, 0.1) is 33.2 Å². The van der Waals surface area contributed by atoms with E-state index in [1.807, 2.05) is 6.07 Å². The van der Waals surface area contributed by atoms with Crippen LogP contribution in [0.15, 0.2) is 23.1 Å². The molecule has 0 saturated carbocycles. The zero-order chi connectivity index (χ0) is 15.5. The summed E-state index contributed by atoms with van der Waals surface area (Å²) in [4.78, 5) is 9.01.